The van der Waals surface area contributed by atoms with Crippen LogP contribution in [0.4, 0.5) is 0 Å². The smallest absolute Gasteiger partial charge is 0.273 e. The number of amides is 1. The molecule has 5 nitrogen and oxygen atoms in total. The van der Waals surface area contributed by atoms with Crippen LogP contribution in [-0.4, -0.2) is 40.1 Å². The molecular weight excluding hydrogens is 368 g/mol. The average molecular weight is 386 g/mol. The molecule has 3 rings (SSSR count). The van der Waals surface area contributed by atoms with Gasteiger partial charge in [-0.05, 0) is 28.8 Å². The second kappa shape index (κ2) is 7.26. The molecule has 0 bridgehead atoms. The zero-order valence-corrected chi connectivity index (χ0v) is 14.4. The number of rotatable bonds is 3. The number of nitrogens with one attached hydrogen (secondary N) is 1. The summed E-state index contributed by atoms with van der Waals surface area (Å²) in [7, 11) is 0. The standard InChI is InChI=1S/C15H17BrN4O.ClH/c16-12-13(10-5-2-1-3-6-10)18-19-14(12)15(21)20-8-4-7-11(20)9-17;/h1-3,5-6,11H,4,7-9,17H2,(H,18,19);1H. The highest BCUT2D eigenvalue weighted by Crippen LogP contribution is 2.30. The fourth-order valence-corrected chi connectivity index (χ4v) is 3.32. The van der Waals surface area contributed by atoms with Gasteiger partial charge in [-0.3, -0.25) is 9.89 Å². The molecule has 2 aromatic rings. The van der Waals surface area contributed by atoms with Crippen LogP contribution in [0.1, 0.15) is 23.3 Å². The van der Waals surface area contributed by atoms with E-state index in [0.717, 1.165) is 30.6 Å². The van der Waals surface area contributed by atoms with Crippen molar-refractivity contribution < 1.29 is 4.79 Å². The summed E-state index contributed by atoms with van der Waals surface area (Å²) in [5, 5.41) is 7.14. The van der Waals surface area contributed by atoms with Crippen molar-refractivity contribution in [1.82, 2.24) is 15.1 Å². The third-order valence-corrected chi connectivity index (χ3v) is 4.65. The highest BCUT2D eigenvalue weighted by Gasteiger charge is 2.31. The van der Waals surface area contributed by atoms with E-state index in [1.165, 1.54) is 0 Å². The predicted molar refractivity (Wildman–Crippen MR) is 92.1 cm³/mol. The van der Waals surface area contributed by atoms with E-state index in [0.29, 0.717) is 16.7 Å². The molecule has 1 aromatic carbocycles. The molecule has 0 spiro atoms. The molecular formula is C15H18BrClN4O. The Morgan fingerprint density at radius 2 is 2.14 bits per heavy atom. The number of nitrogens with two attached hydrogens (primary N) is 1. The number of carbonyl (C=O) groups is 1. The van der Waals surface area contributed by atoms with Crippen LogP contribution in [0.15, 0.2) is 34.8 Å². The molecule has 1 aliphatic rings. The second-order valence-corrected chi connectivity index (χ2v) is 5.95. The van der Waals surface area contributed by atoms with Gasteiger partial charge in [0.05, 0.1) is 4.47 Å². The molecule has 1 fully saturated rings. The predicted octanol–water partition coefficient (Wildman–Crippen LogP) is 2.82. The average Bonchev–Trinajstić information content (AvgIpc) is 3.13. The number of hydrogen-bond donors (Lipinski definition) is 2. The number of likely N-dealkylation sites (tertiary alicyclic amines) is 1. The number of hydrogen-bond acceptors (Lipinski definition) is 3. The Morgan fingerprint density at radius 3 is 2.82 bits per heavy atom. The fraction of sp³-hybridized carbons (Fsp3) is 0.333. The third kappa shape index (κ3) is 3.04. The van der Waals surface area contributed by atoms with Crippen molar-refractivity contribution in [3.05, 3.63) is 40.5 Å². The van der Waals surface area contributed by atoms with Crippen molar-refractivity contribution >= 4 is 34.2 Å². The van der Waals surface area contributed by atoms with E-state index in [-0.39, 0.29) is 24.4 Å². The third-order valence-electron chi connectivity index (χ3n) is 3.88. The molecule has 1 atom stereocenters. The summed E-state index contributed by atoms with van der Waals surface area (Å²) < 4.78 is 0.710. The first-order valence-corrected chi connectivity index (χ1v) is 7.82. The van der Waals surface area contributed by atoms with Gasteiger partial charge >= 0.3 is 0 Å². The highest BCUT2D eigenvalue weighted by molar-refractivity contribution is 9.10. The Balaban J connectivity index is 0.00000176. The Morgan fingerprint density at radius 1 is 1.41 bits per heavy atom. The Hall–Kier alpha value is -1.37. The van der Waals surface area contributed by atoms with Gasteiger partial charge in [-0.1, -0.05) is 30.3 Å². The number of aromatic amines is 1. The van der Waals surface area contributed by atoms with Gasteiger partial charge in [0.1, 0.15) is 11.4 Å². The molecule has 3 N–H and O–H groups in total. The summed E-state index contributed by atoms with van der Waals surface area (Å²) in [4.78, 5) is 14.5. The lowest BCUT2D eigenvalue weighted by Gasteiger charge is -2.22. The van der Waals surface area contributed by atoms with Crippen LogP contribution in [0.2, 0.25) is 0 Å². The maximum atomic E-state index is 12.7. The topological polar surface area (TPSA) is 75.0 Å². The number of H-pyrrole nitrogens is 1. The summed E-state index contributed by atoms with van der Waals surface area (Å²) in [5.74, 6) is -0.0375. The first-order valence-electron chi connectivity index (χ1n) is 7.02. The van der Waals surface area contributed by atoms with Crippen LogP contribution < -0.4 is 5.73 Å². The minimum absolute atomic E-state index is 0. The number of nitrogens with zero attached hydrogens (tertiary/aromatic N) is 2. The summed E-state index contributed by atoms with van der Waals surface area (Å²) in [6, 6.07) is 9.91. The largest absolute Gasteiger partial charge is 0.333 e. The van der Waals surface area contributed by atoms with E-state index in [2.05, 4.69) is 26.1 Å². The second-order valence-electron chi connectivity index (χ2n) is 5.16. The molecule has 1 unspecified atom stereocenters. The molecule has 1 aliphatic heterocycles. The van der Waals surface area contributed by atoms with Crippen molar-refractivity contribution in [2.45, 2.75) is 18.9 Å². The molecule has 22 heavy (non-hydrogen) atoms. The van der Waals surface area contributed by atoms with Crippen LogP contribution in [0, 0.1) is 0 Å². The summed E-state index contributed by atoms with van der Waals surface area (Å²) in [5.41, 5.74) is 7.96. The summed E-state index contributed by atoms with van der Waals surface area (Å²) >= 11 is 3.51. The maximum Gasteiger partial charge on any atom is 0.273 e. The first kappa shape index (κ1) is 17.0. The van der Waals surface area contributed by atoms with E-state index in [9.17, 15) is 4.79 Å². The maximum absolute atomic E-state index is 12.7. The summed E-state index contributed by atoms with van der Waals surface area (Å²) in [6.07, 6.45) is 1.98. The Bertz CT molecular complexity index is 646. The van der Waals surface area contributed by atoms with Gasteiger partial charge in [0.25, 0.3) is 5.91 Å². The van der Waals surface area contributed by atoms with Crippen molar-refractivity contribution in [3.8, 4) is 11.3 Å². The van der Waals surface area contributed by atoms with E-state index in [4.69, 9.17) is 5.73 Å². The number of aromatic nitrogens is 2. The molecule has 1 aromatic heterocycles. The van der Waals surface area contributed by atoms with Gasteiger partial charge in [-0.15, -0.1) is 12.4 Å². The van der Waals surface area contributed by atoms with Gasteiger partial charge < -0.3 is 10.6 Å². The van der Waals surface area contributed by atoms with Crippen LogP contribution in [0.25, 0.3) is 11.3 Å². The van der Waals surface area contributed by atoms with Gasteiger partial charge in [-0.2, -0.15) is 5.10 Å². The number of benzene rings is 1. The fourth-order valence-electron chi connectivity index (χ4n) is 2.75. The van der Waals surface area contributed by atoms with Crippen molar-refractivity contribution in [2.75, 3.05) is 13.1 Å². The van der Waals surface area contributed by atoms with Crippen molar-refractivity contribution in [1.29, 1.82) is 0 Å². The van der Waals surface area contributed by atoms with Crippen LogP contribution >= 0.6 is 28.3 Å². The minimum Gasteiger partial charge on any atom is -0.333 e. The van der Waals surface area contributed by atoms with Crippen molar-refractivity contribution in [3.63, 3.8) is 0 Å². The molecule has 7 heteroatoms. The van der Waals surface area contributed by atoms with E-state index in [1.807, 2.05) is 35.2 Å². The van der Waals surface area contributed by atoms with E-state index < -0.39 is 0 Å². The molecule has 1 saturated heterocycles. The monoisotopic (exact) mass is 384 g/mol. The zero-order chi connectivity index (χ0) is 14.8. The highest BCUT2D eigenvalue weighted by atomic mass is 79.9. The molecule has 2 heterocycles. The normalized spacial score (nSPS) is 17.4. The Labute approximate surface area is 143 Å². The van der Waals surface area contributed by atoms with Crippen LogP contribution in [0.5, 0.6) is 0 Å². The first-order chi connectivity index (χ1) is 10.2. The van der Waals surface area contributed by atoms with Crippen molar-refractivity contribution in [2.24, 2.45) is 5.73 Å². The quantitative estimate of drug-likeness (QED) is 0.853. The van der Waals surface area contributed by atoms with Gasteiger partial charge in [0.15, 0.2) is 0 Å². The minimum atomic E-state index is -0.0375. The lowest BCUT2D eigenvalue weighted by atomic mass is 10.1. The lowest BCUT2D eigenvalue weighted by Crippen LogP contribution is -2.40. The van der Waals surface area contributed by atoms with E-state index >= 15 is 0 Å². The summed E-state index contributed by atoms with van der Waals surface area (Å²) in [6.45, 7) is 1.26. The molecule has 1 amide bonds. The van der Waals surface area contributed by atoms with E-state index in [1.54, 1.807) is 0 Å². The van der Waals surface area contributed by atoms with Gasteiger partial charge in [0.2, 0.25) is 0 Å². The zero-order valence-electron chi connectivity index (χ0n) is 12.0. The molecule has 118 valence electrons. The van der Waals surface area contributed by atoms with Crippen LogP contribution in [0.3, 0.4) is 0 Å². The molecule has 0 saturated carbocycles. The molecule has 0 radical (unpaired) electrons. The Kier molecular flexibility index (Phi) is 5.61. The number of halogens is 2. The molecule has 0 aliphatic carbocycles. The van der Waals surface area contributed by atoms with Gasteiger partial charge in [0, 0.05) is 24.7 Å². The SMILES string of the molecule is Cl.NCC1CCCN1C(=O)c1[nH]nc(-c2ccccc2)c1Br. The lowest BCUT2D eigenvalue weighted by molar-refractivity contribution is 0.0734. The van der Waals surface area contributed by atoms with Crippen LogP contribution in [-0.2, 0) is 0 Å². The number of carbonyl (C=O) groups excluding carboxylic acids is 1. The van der Waals surface area contributed by atoms with Gasteiger partial charge in [-0.25, -0.2) is 0 Å².